The Kier molecular flexibility index (Phi) is 8.73. The zero-order chi connectivity index (χ0) is 28.0. The van der Waals surface area contributed by atoms with Crippen LogP contribution in [0.1, 0.15) is 44.7 Å². The molecular formula is C29H35N3O7. The van der Waals surface area contributed by atoms with Gasteiger partial charge in [-0.15, -0.1) is 0 Å². The third-order valence-electron chi connectivity index (χ3n) is 6.53. The number of anilines is 1. The van der Waals surface area contributed by atoms with E-state index >= 15 is 0 Å². The Morgan fingerprint density at radius 3 is 2.28 bits per heavy atom. The maximum atomic E-state index is 13.1. The molecule has 2 saturated heterocycles. The van der Waals surface area contributed by atoms with Gasteiger partial charge in [0.15, 0.2) is 6.10 Å². The molecule has 10 heteroatoms. The van der Waals surface area contributed by atoms with E-state index in [2.05, 4.69) is 5.32 Å². The van der Waals surface area contributed by atoms with E-state index in [0.717, 1.165) is 11.1 Å². The Bertz CT molecular complexity index is 1170. The fourth-order valence-corrected chi connectivity index (χ4v) is 4.47. The summed E-state index contributed by atoms with van der Waals surface area (Å²) in [7, 11) is 0. The van der Waals surface area contributed by atoms with E-state index in [9.17, 15) is 19.2 Å². The van der Waals surface area contributed by atoms with Gasteiger partial charge in [-0.1, -0.05) is 42.5 Å². The summed E-state index contributed by atoms with van der Waals surface area (Å²) in [5, 5.41) is 2.69. The lowest BCUT2D eigenvalue weighted by Crippen LogP contribution is -2.46. The van der Waals surface area contributed by atoms with Gasteiger partial charge >= 0.3 is 18.2 Å². The summed E-state index contributed by atoms with van der Waals surface area (Å²) in [6.45, 7) is 6.79. The summed E-state index contributed by atoms with van der Waals surface area (Å²) in [5.74, 6) is -0.780. The minimum Gasteiger partial charge on any atom is -0.461 e. The molecule has 3 amide bonds. The molecule has 2 aliphatic rings. The molecule has 208 valence electrons. The van der Waals surface area contributed by atoms with Crippen LogP contribution in [-0.4, -0.2) is 60.3 Å². The highest BCUT2D eigenvalue weighted by Crippen LogP contribution is 2.25. The number of cyclic esters (lactones) is 1. The number of nitrogens with zero attached hydrogens (tertiary/aromatic N) is 2. The maximum Gasteiger partial charge on any atom is 0.415 e. The second-order valence-electron chi connectivity index (χ2n) is 10.7. The Hall–Kier alpha value is -4.08. The molecule has 2 aromatic rings. The van der Waals surface area contributed by atoms with Crippen molar-refractivity contribution in [1.82, 2.24) is 10.2 Å². The number of benzene rings is 2. The van der Waals surface area contributed by atoms with Gasteiger partial charge in [0.05, 0.1) is 12.5 Å². The number of likely N-dealkylation sites (tertiary alicyclic amines) is 1. The van der Waals surface area contributed by atoms with Gasteiger partial charge in [0.1, 0.15) is 12.2 Å². The summed E-state index contributed by atoms with van der Waals surface area (Å²) >= 11 is 0. The lowest BCUT2D eigenvalue weighted by molar-refractivity contribution is -0.153. The molecule has 2 heterocycles. The topological polar surface area (TPSA) is 114 Å². The number of hydrogen-bond acceptors (Lipinski definition) is 7. The van der Waals surface area contributed by atoms with Crippen molar-refractivity contribution < 1.29 is 33.4 Å². The third-order valence-corrected chi connectivity index (χ3v) is 6.53. The van der Waals surface area contributed by atoms with Crippen molar-refractivity contribution in [1.29, 1.82) is 0 Å². The fourth-order valence-electron chi connectivity index (χ4n) is 4.47. The Labute approximate surface area is 228 Å². The molecule has 0 spiro atoms. The molecule has 10 nitrogen and oxygen atoms in total. The van der Waals surface area contributed by atoms with Crippen LogP contribution in [0.2, 0.25) is 0 Å². The third kappa shape index (κ3) is 7.72. The van der Waals surface area contributed by atoms with E-state index in [4.69, 9.17) is 14.2 Å². The summed E-state index contributed by atoms with van der Waals surface area (Å²) in [6, 6.07) is 16.6. The monoisotopic (exact) mass is 537 g/mol. The van der Waals surface area contributed by atoms with Gasteiger partial charge in [0.2, 0.25) is 0 Å². The smallest absolute Gasteiger partial charge is 0.415 e. The second kappa shape index (κ2) is 12.2. The quantitative estimate of drug-likeness (QED) is 0.419. The van der Waals surface area contributed by atoms with E-state index < -0.39 is 23.9 Å². The number of carbonyl (C=O) groups excluding carboxylic acids is 4. The molecule has 0 radical (unpaired) electrons. The fraction of sp³-hybridized carbons (Fsp3) is 0.448. The molecule has 2 aliphatic heterocycles. The molecule has 0 aliphatic carbocycles. The number of alkyl carbamates (subject to hydrolysis) is 1. The molecule has 2 aromatic carbocycles. The molecule has 0 bridgehead atoms. The van der Waals surface area contributed by atoms with Crippen molar-refractivity contribution in [3.63, 3.8) is 0 Å². The van der Waals surface area contributed by atoms with Crippen LogP contribution in [0, 0.1) is 5.92 Å². The first-order valence-corrected chi connectivity index (χ1v) is 13.1. The van der Waals surface area contributed by atoms with Crippen LogP contribution >= 0.6 is 0 Å². The second-order valence-corrected chi connectivity index (χ2v) is 10.7. The minimum absolute atomic E-state index is 0.103. The predicted octanol–water partition coefficient (Wildman–Crippen LogP) is 4.02. The summed E-state index contributed by atoms with van der Waals surface area (Å²) in [6.07, 6.45) is -1.01. The van der Waals surface area contributed by atoms with E-state index in [0.29, 0.717) is 31.6 Å². The van der Waals surface area contributed by atoms with E-state index in [1.54, 1.807) is 49.9 Å². The maximum absolute atomic E-state index is 13.1. The van der Waals surface area contributed by atoms with Gasteiger partial charge in [-0.25, -0.2) is 9.59 Å². The van der Waals surface area contributed by atoms with Crippen molar-refractivity contribution in [2.75, 3.05) is 24.5 Å². The van der Waals surface area contributed by atoms with Gasteiger partial charge in [0.25, 0.3) is 5.91 Å². The Morgan fingerprint density at radius 1 is 0.974 bits per heavy atom. The molecule has 39 heavy (non-hydrogen) atoms. The van der Waals surface area contributed by atoms with Crippen molar-refractivity contribution in [3.05, 3.63) is 65.7 Å². The molecule has 0 aromatic heterocycles. The molecule has 1 unspecified atom stereocenters. The van der Waals surface area contributed by atoms with Crippen LogP contribution < -0.4 is 10.2 Å². The normalized spacial score (nSPS) is 17.9. The first kappa shape index (κ1) is 27.9. The van der Waals surface area contributed by atoms with Crippen LogP contribution in [0.5, 0.6) is 0 Å². The zero-order valence-electron chi connectivity index (χ0n) is 22.6. The average Bonchev–Trinajstić information content (AvgIpc) is 3.31. The Morgan fingerprint density at radius 2 is 1.64 bits per heavy atom. The molecule has 1 atom stereocenters. The highest BCUT2D eigenvalue weighted by molar-refractivity contribution is 5.95. The first-order valence-electron chi connectivity index (χ1n) is 13.1. The zero-order valence-corrected chi connectivity index (χ0v) is 22.6. The van der Waals surface area contributed by atoms with Crippen LogP contribution in [0.25, 0.3) is 0 Å². The van der Waals surface area contributed by atoms with Gasteiger partial charge in [-0.05, 0) is 56.9 Å². The van der Waals surface area contributed by atoms with Crippen LogP contribution in [0.4, 0.5) is 15.3 Å². The highest BCUT2D eigenvalue weighted by atomic mass is 16.6. The first-order chi connectivity index (χ1) is 18.6. The summed E-state index contributed by atoms with van der Waals surface area (Å²) in [4.78, 5) is 53.0. The van der Waals surface area contributed by atoms with E-state index in [-0.39, 0.29) is 37.5 Å². The van der Waals surface area contributed by atoms with Crippen molar-refractivity contribution in [2.24, 2.45) is 5.92 Å². The summed E-state index contributed by atoms with van der Waals surface area (Å²) in [5.41, 5.74) is 1.77. The molecule has 4 rings (SSSR count). The van der Waals surface area contributed by atoms with Crippen molar-refractivity contribution in [2.45, 2.75) is 58.5 Å². The molecule has 1 N–H and O–H groups in total. The van der Waals surface area contributed by atoms with Gasteiger partial charge in [-0.3, -0.25) is 14.5 Å². The van der Waals surface area contributed by atoms with Gasteiger partial charge < -0.3 is 24.4 Å². The van der Waals surface area contributed by atoms with Crippen LogP contribution in [0.15, 0.2) is 54.6 Å². The van der Waals surface area contributed by atoms with Gasteiger partial charge in [-0.2, -0.15) is 0 Å². The average molecular weight is 538 g/mol. The Balaban J connectivity index is 1.23. The molecule has 2 fully saturated rings. The number of esters is 1. The highest BCUT2D eigenvalue weighted by Gasteiger charge is 2.40. The van der Waals surface area contributed by atoms with Gasteiger partial charge in [0, 0.05) is 25.3 Å². The SMILES string of the molecule is CC(C)(C)OC(=O)NCc1ccc(N2CC(C(=O)N3CCC(C(=O)OCc4ccccc4)CC3)OC2=O)cc1. The van der Waals surface area contributed by atoms with E-state index in [1.165, 1.54) is 4.90 Å². The largest absolute Gasteiger partial charge is 0.461 e. The molecule has 0 saturated carbocycles. The van der Waals surface area contributed by atoms with Crippen LogP contribution in [0.3, 0.4) is 0 Å². The predicted molar refractivity (Wildman–Crippen MR) is 143 cm³/mol. The minimum atomic E-state index is -0.910. The number of piperidine rings is 1. The summed E-state index contributed by atoms with van der Waals surface area (Å²) < 4.78 is 16.1. The number of nitrogens with one attached hydrogen (secondary N) is 1. The van der Waals surface area contributed by atoms with E-state index in [1.807, 2.05) is 30.3 Å². The number of amides is 3. The standard InChI is InChI=1S/C29H35N3O7/c1-29(2,3)39-27(35)30-17-20-9-11-23(12-10-20)32-18-24(38-28(32)36)25(33)31-15-13-22(14-16-31)26(34)37-19-21-7-5-4-6-8-21/h4-12,22,24H,13-19H2,1-3H3,(H,30,35). The number of ether oxygens (including phenoxy) is 3. The van der Waals surface area contributed by atoms with Crippen molar-refractivity contribution in [3.8, 4) is 0 Å². The number of carbonyl (C=O) groups is 4. The molecular weight excluding hydrogens is 502 g/mol. The lowest BCUT2D eigenvalue weighted by atomic mass is 9.96. The number of hydrogen-bond donors (Lipinski definition) is 1. The lowest BCUT2D eigenvalue weighted by Gasteiger charge is -2.32. The van der Waals surface area contributed by atoms with Crippen molar-refractivity contribution >= 4 is 29.8 Å². The van der Waals surface area contributed by atoms with Crippen LogP contribution in [-0.2, 0) is 37.0 Å². The number of rotatable bonds is 7.